The standard InChI is InChI=1S/2C17H13O.Pd/c2*18-17(13-11-15-7-3-1-4-8-15)14-12-16-9-5-2-6-10-16;/h2*1-13H;/q2*-1;+2. The Kier molecular flexibility index (Phi) is 13.6. The van der Waals surface area contributed by atoms with Crippen molar-refractivity contribution < 1.29 is 30.0 Å². The molecule has 3 heteroatoms. The van der Waals surface area contributed by atoms with Gasteiger partial charge in [0.05, 0.1) is 11.6 Å². The average molecular weight is 573 g/mol. The van der Waals surface area contributed by atoms with Crippen LogP contribution in [0.3, 0.4) is 0 Å². The molecule has 0 fully saturated rings. The molecular formula is C34H26O2Pd. The molecule has 0 saturated carbocycles. The predicted molar refractivity (Wildman–Crippen MR) is 149 cm³/mol. The van der Waals surface area contributed by atoms with E-state index in [1.807, 2.05) is 121 Å². The molecule has 4 aromatic rings. The fraction of sp³-hybridized carbons (Fsp3) is 0. The zero-order chi connectivity index (χ0) is 25.3. The van der Waals surface area contributed by atoms with E-state index >= 15 is 0 Å². The second kappa shape index (κ2) is 17.3. The minimum absolute atomic E-state index is 0. The molecule has 0 saturated heterocycles. The molecule has 37 heavy (non-hydrogen) atoms. The Bertz CT molecular complexity index is 1110. The van der Waals surface area contributed by atoms with Crippen molar-refractivity contribution >= 4 is 35.9 Å². The fourth-order valence-electron chi connectivity index (χ4n) is 2.98. The van der Waals surface area contributed by atoms with Crippen LogP contribution in [0.25, 0.3) is 24.3 Å². The van der Waals surface area contributed by atoms with E-state index in [-0.39, 0.29) is 32.0 Å². The Balaban J connectivity index is 0.000000253. The van der Waals surface area contributed by atoms with Crippen molar-refractivity contribution in [2.24, 2.45) is 0 Å². The van der Waals surface area contributed by atoms with Crippen LogP contribution in [-0.4, -0.2) is 11.6 Å². The summed E-state index contributed by atoms with van der Waals surface area (Å²) < 4.78 is 0. The van der Waals surface area contributed by atoms with Crippen LogP contribution in [0.5, 0.6) is 0 Å². The second-order valence-electron chi connectivity index (χ2n) is 7.62. The van der Waals surface area contributed by atoms with Gasteiger partial charge in [0.1, 0.15) is 0 Å². The van der Waals surface area contributed by atoms with Gasteiger partial charge >= 0.3 is 20.4 Å². The van der Waals surface area contributed by atoms with Crippen LogP contribution in [0.4, 0.5) is 0 Å². The first-order valence-electron chi connectivity index (χ1n) is 11.5. The molecule has 184 valence electrons. The monoisotopic (exact) mass is 572 g/mol. The third-order valence-electron chi connectivity index (χ3n) is 4.81. The van der Waals surface area contributed by atoms with Gasteiger partial charge in [-0.05, 0) is 11.1 Å². The van der Waals surface area contributed by atoms with Crippen molar-refractivity contribution in [3.8, 4) is 0 Å². The molecule has 0 aliphatic heterocycles. The molecule has 4 rings (SSSR count). The van der Waals surface area contributed by atoms with Gasteiger partial charge in [0.2, 0.25) is 0 Å². The maximum absolute atomic E-state index is 11.6. The average Bonchev–Trinajstić information content (AvgIpc) is 2.95. The van der Waals surface area contributed by atoms with E-state index in [0.29, 0.717) is 0 Å². The number of benzene rings is 4. The van der Waals surface area contributed by atoms with Gasteiger partial charge in [0.15, 0.2) is 0 Å². The van der Waals surface area contributed by atoms with Gasteiger partial charge in [-0.25, -0.2) is 0 Å². The summed E-state index contributed by atoms with van der Waals surface area (Å²) in [6.45, 7) is 0. The Morgan fingerprint density at radius 2 is 0.703 bits per heavy atom. The summed E-state index contributed by atoms with van der Waals surface area (Å²) in [5, 5.41) is 0. The predicted octanol–water partition coefficient (Wildman–Crippen LogP) is 7.57. The van der Waals surface area contributed by atoms with Crippen LogP contribution in [0.15, 0.2) is 133 Å². The Morgan fingerprint density at radius 1 is 0.432 bits per heavy atom. The van der Waals surface area contributed by atoms with Crippen molar-refractivity contribution in [3.05, 3.63) is 168 Å². The Labute approximate surface area is 233 Å². The Morgan fingerprint density at radius 3 is 1.00 bits per heavy atom. The van der Waals surface area contributed by atoms with Crippen LogP contribution >= 0.6 is 0 Å². The molecule has 0 radical (unpaired) electrons. The van der Waals surface area contributed by atoms with Crippen molar-refractivity contribution in [1.82, 2.24) is 0 Å². The summed E-state index contributed by atoms with van der Waals surface area (Å²) in [6.07, 6.45) is 15.4. The number of rotatable bonds is 8. The zero-order valence-corrected chi connectivity index (χ0v) is 21.7. The van der Waals surface area contributed by atoms with Crippen LogP contribution in [0.2, 0.25) is 0 Å². The van der Waals surface area contributed by atoms with Crippen molar-refractivity contribution in [2.45, 2.75) is 0 Å². The number of hydrogen-bond acceptors (Lipinski definition) is 2. The number of carbonyl (C=O) groups is 2. The smallest absolute Gasteiger partial charge is 0.319 e. The summed E-state index contributed by atoms with van der Waals surface area (Å²) in [5.74, 6) is -0.273. The minimum atomic E-state index is -0.136. The van der Waals surface area contributed by atoms with E-state index in [1.54, 1.807) is 24.3 Å². The van der Waals surface area contributed by atoms with E-state index in [1.165, 1.54) is 12.2 Å². The van der Waals surface area contributed by atoms with Crippen LogP contribution in [0.1, 0.15) is 22.3 Å². The summed E-state index contributed by atoms with van der Waals surface area (Å²) >= 11 is 0. The normalized spacial score (nSPS) is 10.8. The van der Waals surface area contributed by atoms with Crippen molar-refractivity contribution in [1.29, 1.82) is 0 Å². The fourth-order valence-corrected chi connectivity index (χ4v) is 2.98. The molecule has 0 amide bonds. The Hall–Kier alpha value is -4.16. The number of hydrogen-bond donors (Lipinski definition) is 0. The number of ketones is 2. The van der Waals surface area contributed by atoms with Crippen molar-refractivity contribution in [2.75, 3.05) is 0 Å². The second-order valence-corrected chi connectivity index (χ2v) is 7.62. The third kappa shape index (κ3) is 12.4. The molecule has 2 nitrogen and oxygen atoms in total. The molecule has 0 unspecified atom stereocenters. The van der Waals surface area contributed by atoms with Crippen LogP contribution < -0.4 is 0 Å². The van der Waals surface area contributed by atoms with E-state index in [0.717, 1.165) is 22.3 Å². The number of carbonyl (C=O) groups excluding carboxylic acids is 2. The van der Waals surface area contributed by atoms with Gasteiger partial charge in [-0.1, -0.05) is 97.1 Å². The van der Waals surface area contributed by atoms with Gasteiger partial charge in [0, 0.05) is 0 Å². The zero-order valence-electron chi connectivity index (χ0n) is 20.1. The summed E-state index contributed by atoms with van der Waals surface area (Å²) in [6, 6.07) is 38.8. The van der Waals surface area contributed by atoms with E-state index in [4.69, 9.17) is 0 Å². The SMILES string of the molecule is O=C([C-]=Cc1ccccc1)C=Cc1ccccc1.O=C([C-]=Cc1ccccc1)C=Cc1ccccc1.[Pd+2]. The van der Waals surface area contributed by atoms with E-state index in [9.17, 15) is 9.59 Å². The first-order valence-corrected chi connectivity index (χ1v) is 11.5. The minimum Gasteiger partial charge on any atom is -0.319 e. The van der Waals surface area contributed by atoms with Crippen LogP contribution in [0, 0.1) is 12.2 Å². The summed E-state index contributed by atoms with van der Waals surface area (Å²) in [7, 11) is 0. The van der Waals surface area contributed by atoms with Gasteiger partial charge < -0.3 is 9.59 Å². The molecule has 0 spiro atoms. The van der Waals surface area contributed by atoms with Crippen LogP contribution in [-0.2, 0) is 30.0 Å². The molecule has 0 aromatic heterocycles. The topological polar surface area (TPSA) is 34.1 Å². The van der Waals surface area contributed by atoms with Gasteiger partial charge in [0.25, 0.3) is 0 Å². The first-order chi connectivity index (χ1) is 17.7. The maximum atomic E-state index is 11.6. The maximum Gasteiger partial charge on any atom is 2.00 e. The number of allylic oxidation sites excluding steroid dienone is 4. The molecular weight excluding hydrogens is 547 g/mol. The first kappa shape index (κ1) is 29.1. The van der Waals surface area contributed by atoms with Gasteiger partial charge in [-0.15, -0.1) is 71.8 Å². The quantitative estimate of drug-likeness (QED) is 0.124. The van der Waals surface area contributed by atoms with Gasteiger partial charge in [-0.2, -0.15) is 12.2 Å². The van der Waals surface area contributed by atoms with E-state index < -0.39 is 0 Å². The molecule has 0 aliphatic carbocycles. The largest absolute Gasteiger partial charge is 2.00 e. The molecule has 0 N–H and O–H groups in total. The van der Waals surface area contributed by atoms with Gasteiger partial charge in [-0.3, -0.25) is 0 Å². The molecule has 0 bridgehead atoms. The summed E-state index contributed by atoms with van der Waals surface area (Å²) in [5.41, 5.74) is 3.96. The van der Waals surface area contributed by atoms with Crippen molar-refractivity contribution in [3.63, 3.8) is 0 Å². The molecule has 0 heterocycles. The molecule has 0 atom stereocenters. The third-order valence-corrected chi connectivity index (χ3v) is 4.81. The summed E-state index contributed by atoms with van der Waals surface area (Å²) in [4.78, 5) is 23.1. The molecule has 0 aliphatic rings. The molecule has 4 aromatic carbocycles. The van der Waals surface area contributed by atoms with E-state index in [2.05, 4.69) is 12.2 Å².